The standard InChI is InChI=1S/C18H21NO3S/c1-21-12-10-19(13-16-9-11-22-14-16)18(20)8-5-15-3-6-17(23-2)7-4-15/h3-9,11,14H,10,12-13H2,1-2H3/b8-5+. The molecular weight excluding hydrogens is 310 g/mol. The van der Waals surface area contributed by atoms with Crippen molar-refractivity contribution < 1.29 is 13.9 Å². The molecule has 0 aliphatic carbocycles. The molecule has 0 aliphatic rings. The summed E-state index contributed by atoms with van der Waals surface area (Å²) in [6.45, 7) is 1.55. The molecule has 0 saturated heterocycles. The van der Waals surface area contributed by atoms with E-state index in [1.165, 1.54) is 4.90 Å². The van der Waals surface area contributed by atoms with Gasteiger partial charge in [-0.15, -0.1) is 11.8 Å². The van der Waals surface area contributed by atoms with Crippen LogP contribution < -0.4 is 0 Å². The number of hydrogen-bond donors (Lipinski definition) is 0. The normalized spacial score (nSPS) is 11.0. The molecule has 5 heteroatoms. The van der Waals surface area contributed by atoms with Gasteiger partial charge in [0.1, 0.15) is 0 Å². The summed E-state index contributed by atoms with van der Waals surface area (Å²) < 4.78 is 10.1. The van der Waals surface area contributed by atoms with Gasteiger partial charge in [0.25, 0.3) is 0 Å². The van der Waals surface area contributed by atoms with Crippen molar-refractivity contribution in [2.45, 2.75) is 11.4 Å². The van der Waals surface area contributed by atoms with E-state index in [0.717, 1.165) is 11.1 Å². The van der Waals surface area contributed by atoms with Crippen molar-refractivity contribution in [3.8, 4) is 0 Å². The minimum Gasteiger partial charge on any atom is -0.472 e. The number of ether oxygens (including phenoxy) is 1. The van der Waals surface area contributed by atoms with Crippen LogP contribution in [0.4, 0.5) is 0 Å². The summed E-state index contributed by atoms with van der Waals surface area (Å²) >= 11 is 1.70. The number of thioether (sulfide) groups is 1. The van der Waals surface area contributed by atoms with Crippen LogP contribution in [0.5, 0.6) is 0 Å². The molecule has 0 unspecified atom stereocenters. The number of hydrogen-bond acceptors (Lipinski definition) is 4. The lowest BCUT2D eigenvalue weighted by Gasteiger charge is -2.20. The van der Waals surface area contributed by atoms with Gasteiger partial charge < -0.3 is 14.1 Å². The predicted octanol–water partition coefficient (Wildman–Crippen LogP) is 3.69. The van der Waals surface area contributed by atoms with Crippen LogP contribution in [0.1, 0.15) is 11.1 Å². The predicted molar refractivity (Wildman–Crippen MR) is 93.3 cm³/mol. The van der Waals surface area contributed by atoms with E-state index in [4.69, 9.17) is 9.15 Å². The van der Waals surface area contributed by atoms with Crippen LogP contribution in [-0.4, -0.2) is 37.3 Å². The zero-order valence-electron chi connectivity index (χ0n) is 13.4. The Bertz CT molecular complexity index is 620. The summed E-state index contributed by atoms with van der Waals surface area (Å²) in [6, 6.07) is 9.96. The van der Waals surface area contributed by atoms with E-state index in [2.05, 4.69) is 0 Å². The average molecular weight is 331 g/mol. The number of nitrogens with zero attached hydrogens (tertiary/aromatic N) is 1. The first kappa shape index (κ1) is 17.4. The van der Waals surface area contributed by atoms with Crippen LogP contribution in [0.3, 0.4) is 0 Å². The Kier molecular flexibility index (Phi) is 6.97. The fourth-order valence-electron chi connectivity index (χ4n) is 2.06. The van der Waals surface area contributed by atoms with E-state index in [9.17, 15) is 4.79 Å². The molecule has 1 heterocycles. The largest absolute Gasteiger partial charge is 0.472 e. The first-order valence-electron chi connectivity index (χ1n) is 7.34. The smallest absolute Gasteiger partial charge is 0.246 e. The Morgan fingerprint density at radius 2 is 2.09 bits per heavy atom. The lowest BCUT2D eigenvalue weighted by molar-refractivity contribution is -0.127. The minimum absolute atomic E-state index is 0.0443. The summed E-state index contributed by atoms with van der Waals surface area (Å²) in [5, 5.41) is 0. The van der Waals surface area contributed by atoms with E-state index in [0.29, 0.717) is 19.7 Å². The van der Waals surface area contributed by atoms with E-state index in [1.54, 1.807) is 42.4 Å². The third kappa shape index (κ3) is 5.62. The summed E-state index contributed by atoms with van der Waals surface area (Å²) in [6.07, 6.45) is 8.73. The number of rotatable bonds is 8. The second kappa shape index (κ2) is 9.22. The van der Waals surface area contributed by atoms with Crippen LogP contribution in [0, 0.1) is 0 Å². The maximum absolute atomic E-state index is 12.4. The van der Waals surface area contributed by atoms with Gasteiger partial charge in [-0.05, 0) is 36.1 Å². The van der Waals surface area contributed by atoms with Gasteiger partial charge in [-0.2, -0.15) is 0 Å². The number of carbonyl (C=O) groups is 1. The highest BCUT2D eigenvalue weighted by atomic mass is 32.2. The molecule has 0 saturated carbocycles. The maximum atomic E-state index is 12.4. The molecule has 0 fully saturated rings. The van der Waals surface area contributed by atoms with Crippen LogP contribution in [-0.2, 0) is 16.1 Å². The molecule has 4 nitrogen and oxygen atoms in total. The van der Waals surface area contributed by atoms with Crippen molar-refractivity contribution in [1.82, 2.24) is 4.90 Å². The van der Waals surface area contributed by atoms with E-state index < -0.39 is 0 Å². The molecule has 0 aliphatic heterocycles. The first-order valence-corrected chi connectivity index (χ1v) is 8.56. The highest BCUT2D eigenvalue weighted by Gasteiger charge is 2.11. The Hall–Kier alpha value is -1.98. The molecule has 2 aromatic rings. The van der Waals surface area contributed by atoms with Gasteiger partial charge in [0, 0.05) is 36.7 Å². The number of amides is 1. The lowest BCUT2D eigenvalue weighted by atomic mass is 10.2. The van der Waals surface area contributed by atoms with Gasteiger partial charge in [-0.1, -0.05) is 12.1 Å². The molecule has 0 radical (unpaired) electrons. The van der Waals surface area contributed by atoms with Crippen molar-refractivity contribution in [3.05, 3.63) is 60.1 Å². The minimum atomic E-state index is -0.0443. The molecule has 2 rings (SSSR count). The van der Waals surface area contributed by atoms with Crippen LogP contribution >= 0.6 is 11.8 Å². The molecule has 0 N–H and O–H groups in total. The number of benzene rings is 1. The van der Waals surface area contributed by atoms with Gasteiger partial charge in [-0.25, -0.2) is 0 Å². The van der Waals surface area contributed by atoms with Crippen molar-refractivity contribution in [2.75, 3.05) is 26.5 Å². The molecule has 0 bridgehead atoms. The molecule has 1 aromatic heterocycles. The number of carbonyl (C=O) groups excluding carboxylic acids is 1. The van der Waals surface area contributed by atoms with Crippen molar-refractivity contribution in [3.63, 3.8) is 0 Å². The van der Waals surface area contributed by atoms with E-state index >= 15 is 0 Å². The Morgan fingerprint density at radius 1 is 1.30 bits per heavy atom. The Labute approximate surface area is 141 Å². The third-order valence-electron chi connectivity index (χ3n) is 3.36. The second-order valence-corrected chi connectivity index (χ2v) is 5.87. The van der Waals surface area contributed by atoms with Gasteiger partial charge >= 0.3 is 0 Å². The van der Waals surface area contributed by atoms with Gasteiger partial charge in [0.2, 0.25) is 5.91 Å². The van der Waals surface area contributed by atoms with E-state index in [1.807, 2.05) is 42.7 Å². The monoisotopic (exact) mass is 331 g/mol. The molecule has 23 heavy (non-hydrogen) atoms. The van der Waals surface area contributed by atoms with Crippen molar-refractivity contribution >= 4 is 23.7 Å². The summed E-state index contributed by atoms with van der Waals surface area (Å²) in [4.78, 5) is 15.4. The maximum Gasteiger partial charge on any atom is 0.246 e. The van der Waals surface area contributed by atoms with Crippen molar-refractivity contribution in [2.24, 2.45) is 0 Å². The molecule has 122 valence electrons. The molecule has 0 spiro atoms. The molecule has 1 aromatic carbocycles. The highest BCUT2D eigenvalue weighted by molar-refractivity contribution is 7.98. The van der Waals surface area contributed by atoms with Crippen LogP contribution in [0.25, 0.3) is 6.08 Å². The second-order valence-electron chi connectivity index (χ2n) is 4.99. The molecule has 0 atom stereocenters. The fourth-order valence-corrected chi connectivity index (χ4v) is 2.47. The lowest BCUT2D eigenvalue weighted by Crippen LogP contribution is -2.31. The summed E-state index contributed by atoms with van der Waals surface area (Å²) in [7, 11) is 1.63. The topological polar surface area (TPSA) is 42.7 Å². The third-order valence-corrected chi connectivity index (χ3v) is 4.11. The summed E-state index contributed by atoms with van der Waals surface area (Å²) in [5.41, 5.74) is 1.97. The number of methoxy groups -OCH3 is 1. The quantitative estimate of drug-likeness (QED) is 0.546. The zero-order valence-corrected chi connectivity index (χ0v) is 14.2. The molecule has 1 amide bonds. The van der Waals surface area contributed by atoms with Crippen LogP contribution in [0.2, 0.25) is 0 Å². The van der Waals surface area contributed by atoms with Gasteiger partial charge in [0.05, 0.1) is 19.1 Å². The highest BCUT2D eigenvalue weighted by Crippen LogP contribution is 2.15. The van der Waals surface area contributed by atoms with Gasteiger partial charge in [0.15, 0.2) is 0 Å². The SMILES string of the molecule is COCCN(Cc1ccoc1)C(=O)/C=C/c1ccc(SC)cc1. The first-order chi connectivity index (χ1) is 11.2. The van der Waals surface area contributed by atoms with Crippen LogP contribution in [0.15, 0.2) is 58.2 Å². The average Bonchev–Trinajstić information content (AvgIpc) is 3.10. The van der Waals surface area contributed by atoms with Crippen molar-refractivity contribution in [1.29, 1.82) is 0 Å². The Balaban J connectivity index is 2.01. The molecular formula is C18H21NO3S. The van der Waals surface area contributed by atoms with E-state index in [-0.39, 0.29) is 5.91 Å². The fraction of sp³-hybridized carbons (Fsp3) is 0.278. The zero-order chi connectivity index (χ0) is 16.5. The summed E-state index contributed by atoms with van der Waals surface area (Å²) in [5.74, 6) is -0.0443. The van der Waals surface area contributed by atoms with Gasteiger partial charge in [-0.3, -0.25) is 4.79 Å². The Morgan fingerprint density at radius 3 is 2.70 bits per heavy atom. The number of furan rings is 1.